The molecule has 0 radical (unpaired) electrons. The highest BCUT2D eigenvalue weighted by molar-refractivity contribution is 7.49. The smallest absolute Gasteiger partial charge is 0.427 e. The van der Waals surface area contributed by atoms with Crippen molar-refractivity contribution in [2.24, 2.45) is 0 Å². The maximum atomic E-state index is 11.6. The molecule has 1 aromatic carbocycles. The van der Waals surface area contributed by atoms with E-state index >= 15 is 0 Å². The predicted octanol–water partition coefficient (Wildman–Crippen LogP) is 1.60. The number of carbonyl (C=O) groups excluding carboxylic acids is 1. The van der Waals surface area contributed by atoms with Crippen molar-refractivity contribution in [2.75, 3.05) is 0 Å². The average Bonchev–Trinajstić information content (AvgIpc) is 2.45. The molecule has 0 aromatic heterocycles. The van der Waals surface area contributed by atoms with Crippen molar-refractivity contribution < 1.29 is 34.5 Å². The standard InChI is InChI=1S/C16H20NO7P/c1-2-12(9-4-3-5-10(18)6-9)16(21)15-13(17-25(22,23)24)7-11(19)8-14(15)20/h3-6,8,12,16,18,20-21H,2,7H2,1H3,(H3,17,22,23,24). The third-order valence-electron chi connectivity index (χ3n) is 3.95. The largest absolute Gasteiger partial charge is 0.508 e. The number of phenolic OH excluding ortho intramolecular Hbond substituents is 1. The number of phenols is 1. The molecule has 1 aliphatic rings. The van der Waals surface area contributed by atoms with Gasteiger partial charge in [-0.05, 0) is 24.1 Å². The Kier molecular flexibility index (Phi) is 5.69. The summed E-state index contributed by atoms with van der Waals surface area (Å²) in [4.78, 5) is 29.9. The first-order valence-electron chi connectivity index (χ1n) is 7.60. The van der Waals surface area contributed by atoms with Gasteiger partial charge in [-0.15, -0.1) is 0 Å². The molecule has 8 nitrogen and oxygen atoms in total. The minimum Gasteiger partial charge on any atom is -0.508 e. The third kappa shape index (κ3) is 4.70. The first-order valence-corrected chi connectivity index (χ1v) is 9.21. The van der Waals surface area contributed by atoms with E-state index in [1.807, 2.05) is 5.09 Å². The average molecular weight is 369 g/mol. The summed E-state index contributed by atoms with van der Waals surface area (Å²) < 4.78 is 11.3. The van der Waals surface area contributed by atoms with Gasteiger partial charge in [0.05, 0.1) is 12.5 Å². The first-order chi connectivity index (χ1) is 11.6. The monoisotopic (exact) mass is 369 g/mol. The van der Waals surface area contributed by atoms with Crippen LogP contribution in [-0.4, -0.2) is 37.0 Å². The zero-order valence-electron chi connectivity index (χ0n) is 13.5. The molecule has 1 aliphatic carbocycles. The molecule has 1 aromatic rings. The summed E-state index contributed by atoms with van der Waals surface area (Å²) in [5, 5.41) is 32.4. The van der Waals surface area contributed by atoms with Crippen LogP contribution in [0.2, 0.25) is 0 Å². The number of benzene rings is 1. The van der Waals surface area contributed by atoms with Gasteiger partial charge >= 0.3 is 7.75 Å². The molecular formula is C16H20NO7P. The topological polar surface area (TPSA) is 147 Å². The quantitative estimate of drug-likeness (QED) is 0.414. The van der Waals surface area contributed by atoms with Gasteiger partial charge in [-0.1, -0.05) is 19.1 Å². The van der Waals surface area contributed by atoms with E-state index in [1.54, 1.807) is 19.1 Å². The summed E-state index contributed by atoms with van der Waals surface area (Å²) in [6.45, 7) is 1.78. The van der Waals surface area contributed by atoms with Gasteiger partial charge in [0.15, 0.2) is 5.78 Å². The van der Waals surface area contributed by atoms with E-state index < -0.39 is 31.3 Å². The fraction of sp³-hybridized carbons (Fsp3) is 0.312. The van der Waals surface area contributed by atoms with Crippen LogP contribution in [0.15, 0.2) is 47.4 Å². The van der Waals surface area contributed by atoms with Gasteiger partial charge in [0.25, 0.3) is 0 Å². The van der Waals surface area contributed by atoms with Gasteiger partial charge < -0.3 is 25.1 Å². The van der Waals surface area contributed by atoms with E-state index in [0.29, 0.717) is 12.0 Å². The second-order valence-corrected chi connectivity index (χ2v) is 7.09. The van der Waals surface area contributed by atoms with Crippen LogP contribution in [0.4, 0.5) is 0 Å². The number of aliphatic hydroxyl groups is 2. The molecule has 2 rings (SSSR count). The summed E-state index contributed by atoms with van der Waals surface area (Å²) >= 11 is 0. The maximum absolute atomic E-state index is 11.6. The molecule has 9 heteroatoms. The van der Waals surface area contributed by atoms with Crippen molar-refractivity contribution in [3.05, 3.63) is 52.9 Å². The van der Waals surface area contributed by atoms with Crippen molar-refractivity contribution in [1.82, 2.24) is 5.09 Å². The van der Waals surface area contributed by atoms with Crippen LogP contribution in [0, 0.1) is 0 Å². The van der Waals surface area contributed by atoms with Crippen molar-refractivity contribution >= 4 is 13.5 Å². The zero-order chi connectivity index (χ0) is 18.8. The number of carbonyl (C=O) groups is 1. The maximum Gasteiger partial charge on any atom is 0.427 e. The molecule has 0 bridgehead atoms. The molecule has 0 amide bonds. The normalized spacial score (nSPS) is 17.9. The molecule has 2 atom stereocenters. The van der Waals surface area contributed by atoms with Crippen LogP contribution in [0.3, 0.4) is 0 Å². The first kappa shape index (κ1) is 19.2. The Morgan fingerprint density at radius 1 is 1.28 bits per heavy atom. The minimum absolute atomic E-state index is 0.00396. The van der Waals surface area contributed by atoms with E-state index in [0.717, 1.165) is 6.08 Å². The molecule has 0 saturated carbocycles. The van der Waals surface area contributed by atoms with Gasteiger partial charge in [-0.2, -0.15) is 0 Å². The van der Waals surface area contributed by atoms with E-state index in [-0.39, 0.29) is 23.4 Å². The van der Waals surface area contributed by atoms with Crippen molar-refractivity contribution in [2.45, 2.75) is 31.8 Å². The van der Waals surface area contributed by atoms with E-state index in [9.17, 15) is 24.7 Å². The van der Waals surface area contributed by atoms with E-state index in [4.69, 9.17) is 9.79 Å². The number of nitrogens with one attached hydrogen (secondary N) is 1. The summed E-state index contributed by atoms with van der Waals surface area (Å²) in [7, 11) is -4.73. The molecule has 0 fully saturated rings. The SMILES string of the molecule is CCC(c1cccc(O)c1)C(O)C1=C(NP(=O)(O)O)CC(=O)C=C1O. The molecule has 0 spiro atoms. The Morgan fingerprint density at radius 2 is 1.96 bits per heavy atom. The Hall–Kier alpha value is -2.12. The second kappa shape index (κ2) is 7.41. The zero-order valence-corrected chi connectivity index (χ0v) is 14.3. The van der Waals surface area contributed by atoms with E-state index in [2.05, 4.69) is 0 Å². The van der Waals surface area contributed by atoms with Gasteiger partial charge in [-0.3, -0.25) is 9.88 Å². The van der Waals surface area contributed by atoms with Crippen LogP contribution < -0.4 is 5.09 Å². The summed E-state index contributed by atoms with van der Waals surface area (Å²) in [6.07, 6.45) is -0.389. The predicted molar refractivity (Wildman–Crippen MR) is 89.7 cm³/mol. The molecule has 2 unspecified atom stereocenters. The highest BCUT2D eigenvalue weighted by Crippen LogP contribution is 2.38. The molecule has 6 N–H and O–H groups in total. The third-order valence-corrected chi connectivity index (χ3v) is 4.51. The van der Waals surface area contributed by atoms with Crippen LogP contribution in [0.5, 0.6) is 5.75 Å². The van der Waals surface area contributed by atoms with Gasteiger partial charge in [-0.25, -0.2) is 4.57 Å². The van der Waals surface area contributed by atoms with Crippen LogP contribution in [-0.2, 0) is 9.36 Å². The number of rotatable bonds is 6. The number of hydrogen-bond donors (Lipinski definition) is 6. The van der Waals surface area contributed by atoms with E-state index in [1.165, 1.54) is 12.1 Å². The lowest BCUT2D eigenvalue weighted by molar-refractivity contribution is -0.114. The summed E-state index contributed by atoms with van der Waals surface area (Å²) in [6, 6.07) is 6.22. The molecule has 0 saturated heterocycles. The molecule has 25 heavy (non-hydrogen) atoms. The van der Waals surface area contributed by atoms with Crippen LogP contribution in [0.1, 0.15) is 31.2 Å². The number of aliphatic hydroxyl groups excluding tert-OH is 2. The summed E-state index contributed by atoms with van der Waals surface area (Å²) in [5.74, 6) is -1.66. The summed E-state index contributed by atoms with van der Waals surface area (Å²) in [5.41, 5.74) is 0.227. The number of aromatic hydroxyl groups is 1. The second-order valence-electron chi connectivity index (χ2n) is 5.78. The molecule has 136 valence electrons. The van der Waals surface area contributed by atoms with Gasteiger partial charge in [0, 0.05) is 23.3 Å². The highest BCUT2D eigenvalue weighted by Gasteiger charge is 2.33. The Morgan fingerprint density at radius 3 is 2.52 bits per heavy atom. The Labute approximate surface area is 144 Å². The fourth-order valence-corrected chi connectivity index (χ4v) is 3.46. The lowest BCUT2D eigenvalue weighted by Gasteiger charge is -2.28. The van der Waals surface area contributed by atoms with Crippen molar-refractivity contribution in [1.29, 1.82) is 0 Å². The van der Waals surface area contributed by atoms with Gasteiger partial charge in [0.2, 0.25) is 0 Å². The molecular weight excluding hydrogens is 349 g/mol. The molecule has 0 aliphatic heterocycles. The lowest BCUT2D eigenvalue weighted by Crippen LogP contribution is -2.29. The number of ketones is 1. The van der Waals surface area contributed by atoms with Crippen molar-refractivity contribution in [3.63, 3.8) is 0 Å². The highest BCUT2D eigenvalue weighted by atomic mass is 31.2. The fourth-order valence-electron chi connectivity index (χ4n) is 2.91. The number of hydrogen-bond acceptors (Lipinski definition) is 5. The van der Waals surface area contributed by atoms with Crippen LogP contribution >= 0.6 is 7.75 Å². The minimum atomic E-state index is -4.73. The molecule has 0 heterocycles. The Balaban J connectivity index is 2.48. The lowest BCUT2D eigenvalue weighted by atomic mass is 9.83. The Bertz CT molecular complexity index is 780. The number of allylic oxidation sites excluding steroid dienone is 2. The van der Waals surface area contributed by atoms with Crippen molar-refractivity contribution in [3.8, 4) is 5.75 Å². The van der Waals surface area contributed by atoms with Crippen LogP contribution in [0.25, 0.3) is 0 Å². The van der Waals surface area contributed by atoms with Gasteiger partial charge in [0.1, 0.15) is 11.5 Å².